The number of ketones is 1. The molecule has 0 saturated carbocycles. The van der Waals surface area contributed by atoms with Crippen LogP contribution in [-0.2, 0) is 0 Å². The highest BCUT2D eigenvalue weighted by atomic mass is 32.1. The first kappa shape index (κ1) is 17.3. The van der Waals surface area contributed by atoms with Crippen molar-refractivity contribution in [2.24, 2.45) is 0 Å². The second kappa shape index (κ2) is 7.61. The monoisotopic (exact) mass is 391 g/mol. The van der Waals surface area contributed by atoms with Crippen LogP contribution in [0.2, 0.25) is 0 Å². The van der Waals surface area contributed by atoms with Crippen LogP contribution in [0.15, 0.2) is 72.1 Å². The quantitative estimate of drug-likeness (QED) is 0.498. The molecule has 5 nitrogen and oxygen atoms in total. The summed E-state index contributed by atoms with van der Waals surface area (Å²) in [4.78, 5) is 26.5. The first-order valence-corrected chi connectivity index (χ1v) is 9.79. The summed E-state index contributed by atoms with van der Waals surface area (Å²) >= 11 is 2.85. The Morgan fingerprint density at radius 1 is 0.815 bits per heavy atom. The molecular formula is C20H13N3O2S2. The molecule has 0 bridgehead atoms. The van der Waals surface area contributed by atoms with Gasteiger partial charge in [0.15, 0.2) is 10.8 Å². The molecule has 0 aliphatic heterocycles. The van der Waals surface area contributed by atoms with E-state index in [1.807, 2.05) is 23.6 Å². The Kier molecular flexibility index (Phi) is 4.86. The predicted molar refractivity (Wildman–Crippen MR) is 107 cm³/mol. The lowest BCUT2D eigenvalue weighted by molar-refractivity contribution is 0.0996. The molecule has 4 aromatic rings. The Bertz CT molecular complexity index is 1090. The van der Waals surface area contributed by atoms with Gasteiger partial charge in [0.1, 0.15) is 0 Å². The van der Waals surface area contributed by atoms with Crippen molar-refractivity contribution in [3.63, 3.8) is 0 Å². The molecule has 0 aliphatic carbocycles. The summed E-state index contributed by atoms with van der Waals surface area (Å²) in [5, 5.41) is 14.0. The van der Waals surface area contributed by atoms with Gasteiger partial charge in [-0.05, 0) is 17.5 Å². The molecule has 2 heterocycles. The third kappa shape index (κ3) is 3.69. The molecule has 1 N–H and O–H groups in total. The lowest BCUT2D eigenvalue weighted by atomic mass is 9.98. The molecule has 4 rings (SSSR count). The van der Waals surface area contributed by atoms with Crippen LogP contribution in [0.3, 0.4) is 0 Å². The normalized spacial score (nSPS) is 10.5. The molecule has 2 aromatic carbocycles. The number of aromatic nitrogens is 2. The van der Waals surface area contributed by atoms with E-state index in [4.69, 9.17) is 0 Å². The Labute approximate surface area is 163 Å². The maximum absolute atomic E-state index is 12.8. The van der Waals surface area contributed by atoms with Crippen molar-refractivity contribution in [2.75, 3.05) is 5.32 Å². The zero-order chi connectivity index (χ0) is 18.6. The fraction of sp³-hybridized carbons (Fsp3) is 0. The highest BCUT2D eigenvalue weighted by Crippen LogP contribution is 2.30. The van der Waals surface area contributed by atoms with Gasteiger partial charge in [0.05, 0.1) is 10.4 Å². The molecule has 0 fully saturated rings. The minimum Gasteiger partial charge on any atom is -0.296 e. The number of hydrogen-bond acceptors (Lipinski definition) is 6. The number of amides is 1. The third-order valence-corrected chi connectivity index (χ3v) is 5.71. The van der Waals surface area contributed by atoms with E-state index in [1.165, 1.54) is 11.3 Å². The fourth-order valence-corrected chi connectivity index (χ4v) is 4.09. The molecule has 0 radical (unpaired) electrons. The van der Waals surface area contributed by atoms with E-state index in [0.717, 1.165) is 9.88 Å². The van der Waals surface area contributed by atoms with E-state index in [1.54, 1.807) is 59.9 Å². The number of nitrogens with zero attached hydrogens (tertiary/aromatic N) is 2. The smallest absolute Gasteiger partial charge is 0.258 e. The Hall–Kier alpha value is -3.16. The number of carbonyl (C=O) groups excluding carboxylic acids is 2. The number of thiophene rings is 1. The maximum atomic E-state index is 12.8. The van der Waals surface area contributed by atoms with Gasteiger partial charge < -0.3 is 0 Å². The molecule has 0 aliphatic rings. The van der Waals surface area contributed by atoms with Gasteiger partial charge in [-0.2, -0.15) is 0 Å². The van der Waals surface area contributed by atoms with Gasteiger partial charge >= 0.3 is 0 Å². The van der Waals surface area contributed by atoms with Crippen molar-refractivity contribution < 1.29 is 9.59 Å². The summed E-state index contributed by atoms with van der Waals surface area (Å²) in [5.41, 5.74) is 1.19. The van der Waals surface area contributed by atoms with Gasteiger partial charge in [-0.3, -0.25) is 14.9 Å². The number of rotatable bonds is 5. The van der Waals surface area contributed by atoms with Crippen molar-refractivity contribution in [1.29, 1.82) is 0 Å². The Morgan fingerprint density at radius 2 is 1.56 bits per heavy atom. The summed E-state index contributed by atoms with van der Waals surface area (Å²) in [5.74, 6) is -0.582. The topological polar surface area (TPSA) is 72.0 Å². The molecule has 1 amide bonds. The van der Waals surface area contributed by atoms with Crippen molar-refractivity contribution in [2.45, 2.75) is 0 Å². The number of nitrogens with one attached hydrogen (secondary N) is 1. The van der Waals surface area contributed by atoms with Gasteiger partial charge in [0.2, 0.25) is 5.13 Å². The number of hydrogen-bond donors (Lipinski definition) is 1. The Balaban J connectivity index is 1.59. The van der Waals surface area contributed by atoms with Crippen LogP contribution in [0, 0.1) is 0 Å². The van der Waals surface area contributed by atoms with E-state index < -0.39 is 0 Å². The largest absolute Gasteiger partial charge is 0.296 e. The maximum Gasteiger partial charge on any atom is 0.258 e. The molecule has 7 heteroatoms. The van der Waals surface area contributed by atoms with Crippen molar-refractivity contribution in [1.82, 2.24) is 10.2 Å². The van der Waals surface area contributed by atoms with Crippen molar-refractivity contribution in [3.05, 3.63) is 88.8 Å². The van der Waals surface area contributed by atoms with Crippen LogP contribution < -0.4 is 5.32 Å². The summed E-state index contributed by atoms with van der Waals surface area (Å²) in [6.45, 7) is 0. The average Bonchev–Trinajstić information content (AvgIpc) is 3.40. The predicted octanol–water partition coefficient (Wildman–Crippen LogP) is 4.75. The van der Waals surface area contributed by atoms with Gasteiger partial charge in [0, 0.05) is 11.1 Å². The molecule has 0 unspecified atom stereocenters. The molecule has 132 valence electrons. The molecule has 0 spiro atoms. The summed E-state index contributed by atoms with van der Waals surface area (Å²) in [7, 11) is 0. The van der Waals surface area contributed by atoms with Gasteiger partial charge in [0.25, 0.3) is 5.91 Å². The highest BCUT2D eigenvalue weighted by molar-refractivity contribution is 7.23. The molecule has 0 atom stereocenters. The number of carbonyl (C=O) groups is 2. The summed E-state index contributed by atoms with van der Waals surface area (Å²) < 4.78 is 0. The second-order valence-electron chi connectivity index (χ2n) is 5.58. The average molecular weight is 391 g/mol. The standard InChI is InChI=1S/C20H13N3O2S2/c24-17(13-7-2-1-3-8-13)14-9-4-5-10-15(14)18(25)21-20-23-22-19(27-20)16-11-6-12-26-16/h1-12H,(H,21,23,25). The van der Waals surface area contributed by atoms with Gasteiger partial charge in [-0.1, -0.05) is 65.9 Å². The summed E-state index contributed by atoms with van der Waals surface area (Å²) in [6, 6.07) is 19.5. The van der Waals surface area contributed by atoms with E-state index >= 15 is 0 Å². The van der Waals surface area contributed by atoms with E-state index in [-0.39, 0.29) is 11.7 Å². The minimum atomic E-state index is -0.385. The fourth-order valence-electron chi connectivity index (χ4n) is 2.56. The first-order valence-electron chi connectivity index (χ1n) is 8.10. The number of benzene rings is 2. The third-order valence-electron chi connectivity index (χ3n) is 3.83. The lowest BCUT2D eigenvalue weighted by Crippen LogP contribution is -2.16. The molecule has 0 saturated heterocycles. The van der Waals surface area contributed by atoms with Crippen LogP contribution in [-0.4, -0.2) is 21.9 Å². The lowest BCUT2D eigenvalue weighted by Gasteiger charge is -2.08. The van der Waals surface area contributed by atoms with Crippen molar-refractivity contribution in [3.8, 4) is 9.88 Å². The second-order valence-corrected chi connectivity index (χ2v) is 7.51. The zero-order valence-corrected chi connectivity index (χ0v) is 15.6. The van der Waals surface area contributed by atoms with Gasteiger partial charge in [-0.25, -0.2) is 0 Å². The molecule has 27 heavy (non-hydrogen) atoms. The minimum absolute atomic E-state index is 0.196. The van der Waals surface area contributed by atoms with E-state index in [9.17, 15) is 9.59 Å². The SMILES string of the molecule is O=C(Nc1nnc(-c2cccs2)s1)c1ccccc1C(=O)c1ccccc1. The van der Waals surface area contributed by atoms with E-state index in [2.05, 4.69) is 15.5 Å². The summed E-state index contributed by atoms with van der Waals surface area (Å²) in [6.07, 6.45) is 0. The Morgan fingerprint density at radius 3 is 2.30 bits per heavy atom. The first-order chi connectivity index (χ1) is 13.2. The van der Waals surface area contributed by atoms with Crippen molar-refractivity contribution >= 4 is 39.5 Å². The van der Waals surface area contributed by atoms with E-state index in [0.29, 0.717) is 21.8 Å². The van der Waals surface area contributed by atoms with Crippen LogP contribution in [0.1, 0.15) is 26.3 Å². The number of anilines is 1. The molecular weight excluding hydrogens is 378 g/mol. The molecule has 2 aromatic heterocycles. The van der Waals surface area contributed by atoms with Crippen LogP contribution in [0.4, 0.5) is 5.13 Å². The highest BCUT2D eigenvalue weighted by Gasteiger charge is 2.19. The van der Waals surface area contributed by atoms with Gasteiger partial charge in [-0.15, -0.1) is 21.5 Å². The zero-order valence-electron chi connectivity index (χ0n) is 14.0. The van der Waals surface area contributed by atoms with Crippen LogP contribution in [0.5, 0.6) is 0 Å². The van der Waals surface area contributed by atoms with Crippen LogP contribution >= 0.6 is 22.7 Å². The van der Waals surface area contributed by atoms with Crippen LogP contribution in [0.25, 0.3) is 9.88 Å².